The molecule has 2 aliphatic heterocycles. The van der Waals surface area contributed by atoms with Crippen molar-refractivity contribution in [3.63, 3.8) is 0 Å². The van der Waals surface area contributed by atoms with E-state index in [9.17, 15) is 0 Å². The van der Waals surface area contributed by atoms with Crippen LogP contribution < -0.4 is 0 Å². The van der Waals surface area contributed by atoms with E-state index in [2.05, 4.69) is 127 Å². The molecular weight excluding hydrogens is 641 g/mol. The summed E-state index contributed by atoms with van der Waals surface area (Å²) in [6.07, 6.45) is 26.1. The Morgan fingerprint density at radius 3 is 0.923 bits per heavy atom. The maximum Gasteiger partial charge on any atom is 0.0694 e. The Labute approximate surface area is 300 Å². The molecule has 0 aliphatic carbocycles. The van der Waals surface area contributed by atoms with Gasteiger partial charge in [0, 0.05) is 120 Å². The number of hydrogen-bond donors (Lipinski definition) is 2. The number of aromatic nitrogens is 8. The fourth-order valence-electron chi connectivity index (χ4n) is 7.01. The van der Waals surface area contributed by atoms with Crippen LogP contribution >= 0.6 is 0 Å². The van der Waals surface area contributed by atoms with E-state index >= 15 is 0 Å². The minimum Gasteiger partial charge on any atom is -0.355 e. The van der Waals surface area contributed by atoms with E-state index in [0.29, 0.717) is 25.7 Å². The fourth-order valence-corrected chi connectivity index (χ4v) is 7.01. The van der Waals surface area contributed by atoms with Crippen LogP contribution in [0.1, 0.15) is 67.3 Å². The molecular formula is C44H34N8. The van der Waals surface area contributed by atoms with Crippen LogP contribution in [0.15, 0.2) is 122 Å². The van der Waals surface area contributed by atoms with Gasteiger partial charge in [-0.05, 0) is 119 Å². The number of nitrogens with one attached hydrogen (secondary N) is 2. The van der Waals surface area contributed by atoms with Crippen LogP contribution in [0, 0.1) is 0 Å². The number of fused-ring (bicyclic) bond motifs is 8. The van der Waals surface area contributed by atoms with Gasteiger partial charge in [0.1, 0.15) is 0 Å². The first-order chi connectivity index (χ1) is 25.7. The number of pyridine rings is 4. The summed E-state index contributed by atoms with van der Waals surface area (Å²) in [5.41, 5.74) is 16.9. The van der Waals surface area contributed by atoms with Gasteiger partial charge in [0.15, 0.2) is 0 Å². The van der Waals surface area contributed by atoms with E-state index < -0.39 is 0 Å². The zero-order valence-electron chi connectivity index (χ0n) is 28.4. The van der Waals surface area contributed by atoms with Crippen molar-refractivity contribution >= 4 is 46.4 Å². The lowest BCUT2D eigenvalue weighted by atomic mass is 10.0. The molecule has 7 aromatic rings. The number of aromatic amines is 2. The molecule has 0 aromatic carbocycles. The second-order valence-electron chi connectivity index (χ2n) is 13.0. The lowest BCUT2D eigenvalue weighted by molar-refractivity contribution is 1.08. The average Bonchev–Trinajstić information content (AvgIpc) is 4.04. The minimum atomic E-state index is 0.668. The molecule has 0 fully saturated rings. The van der Waals surface area contributed by atoms with Gasteiger partial charge in [-0.2, -0.15) is 0 Å². The highest BCUT2D eigenvalue weighted by Crippen LogP contribution is 2.30. The summed E-state index contributed by atoms with van der Waals surface area (Å²) < 4.78 is 0. The second kappa shape index (κ2) is 13.8. The largest absolute Gasteiger partial charge is 0.355 e. The van der Waals surface area contributed by atoms with Crippen LogP contribution in [0.25, 0.3) is 46.4 Å². The molecule has 8 heteroatoms. The Balaban J connectivity index is 1.36. The molecule has 250 valence electrons. The van der Waals surface area contributed by atoms with Crippen molar-refractivity contribution in [2.45, 2.75) is 25.7 Å². The number of nitrogens with zero attached hydrogens (tertiary/aromatic N) is 6. The van der Waals surface area contributed by atoms with Crippen molar-refractivity contribution < 1.29 is 0 Å². The predicted octanol–water partition coefficient (Wildman–Crippen LogP) is 8.60. The third kappa shape index (κ3) is 6.45. The number of rotatable bonds is 8. The average molecular weight is 675 g/mol. The first kappa shape index (κ1) is 31.2. The van der Waals surface area contributed by atoms with Crippen LogP contribution in [-0.2, 0) is 25.7 Å². The first-order valence-corrected chi connectivity index (χ1v) is 17.4. The molecule has 0 spiro atoms. The van der Waals surface area contributed by atoms with Crippen molar-refractivity contribution in [2.75, 3.05) is 0 Å². The van der Waals surface area contributed by atoms with Gasteiger partial charge in [-0.25, -0.2) is 9.97 Å². The Morgan fingerprint density at radius 1 is 0.308 bits per heavy atom. The molecule has 8 nitrogen and oxygen atoms in total. The Morgan fingerprint density at radius 2 is 0.577 bits per heavy atom. The monoisotopic (exact) mass is 674 g/mol. The summed E-state index contributed by atoms with van der Waals surface area (Å²) in [6, 6.07) is 25.3. The first-order valence-electron chi connectivity index (χ1n) is 17.4. The van der Waals surface area contributed by atoms with Gasteiger partial charge in [0.05, 0.1) is 22.8 Å². The van der Waals surface area contributed by atoms with Crippen LogP contribution in [0.3, 0.4) is 0 Å². The Kier molecular flexibility index (Phi) is 8.30. The summed E-state index contributed by atoms with van der Waals surface area (Å²) >= 11 is 0. The van der Waals surface area contributed by atoms with Crippen LogP contribution in [0.5, 0.6) is 0 Å². The van der Waals surface area contributed by atoms with Gasteiger partial charge < -0.3 is 9.97 Å². The second-order valence-corrected chi connectivity index (χ2v) is 13.0. The molecule has 0 unspecified atom stereocenters. The summed E-state index contributed by atoms with van der Waals surface area (Å²) in [7, 11) is 0. The van der Waals surface area contributed by atoms with Crippen molar-refractivity contribution in [2.24, 2.45) is 0 Å². The van der Waals surface area contributed by atoms with Crippen molar-refractivity contribution in [3.8, 4) is 0 Å². The van der Waals surface area contributed by atoms with Crippen LogP contribution in [-0.4, -0.2) is 39.9 Å². The normalized spacial score (nSPS) is 12.0. The zero-order chi connectivity index (χ0) is 34.7. The minimum absolute atomic E-state index is 0.668. The van der Waals surface area contributed by atoms with Gasteiger partial charge in [0.2, 0.25) is 0 Å². The van der Waals surface area contributed by atoms with Crippen molar-refractivity contribution in [1.82, 2.24) is 39.9 Å². The van der Waals surface area contributed by atoms with Crippen molar-refractivity contribution in [3.05, 3.63) is 190 Å². The van der Waals surface area contributed by atoms with Gasteiger partial charge in [-0.1, -0.05) is 0 Å². The summed E-state index contributed by atoms with van der Waals surface area (Å²) in [5, 5.41) is 0. The molecule has 8 bridgehead atoms. The van der Waals surface area contributed by atoms with Crippen LogP contribution in [0.4, 0.5) is 0 Å². The molecule has 7 aromatic heterocycles. The Bertz CT molecular complexity index is 2470. The van der Waals surface area contributed by atoms with E-state index in [1.54, 1.807) is 0 Å². The van der Waals surface area contributed by atoms with Crippen LogP contribution in [0.2, 0.25) is 0 Å². The van der Waals surface area contributed by atoms with Gasteiger partial charge in [-0.15, -0.1) is 0 Å². The van der Waals surface area contributed by atoms with Gasteiger partial charge in [-0.3, -0.25) is 19.9 Å². The smallest absolute Gasteiger partial charge is 0.0694 e. The lowest BCUT2D eigenvalue weighted by Crippen LogP contribution is -1.98. The number of H-pyrrole nitrogens is 2. The van der Waals surface area contributed by atoms with E-state index in [1.165, 1.54) is 5.56 Å². The van der Waals surface area contributed by atoms with E-state index in [4.69, 9.17) is 9.97 Å². The molecule has 52 heavy (non-hydrogen) atoms. The molecule has 9 heterocycles. The summed E-state index contributed by atoms with van der Waals surface area (Å²) in [6.45, 7) is 0. The SMILES string of the molecule is C1=Cc2nc1c(Cc1ccncc1)c1nc(c(Cc3ccncc3)c3ccc([nH]3)c(Cc3ccncc3)c3ccc([nH]3)c2Cc2ccncc2)C=C1. The fraction of sp³-hybridized carbons (Fsp3) is 0.0909. The van der Waals surface area contributed by atoms with E-state index in [-0.39, 0.29) is 0 Å². The zero-order valence-corrected chi connectivity index (χ0v) is 28.4. The molecule has 2 N–H and O–H groups in total. The molecule has 0 atom stereocenters. The third-order valence-corrected chi connectivity index (χ3v) is 9.71. The molecule has 0 saturated heterocycles. The van der Waals surface area contributed by atoms with Gasteiger partial charge >= 0.3 is 0 Å². The quantitative estimate of drug-likeness (QED) is 0.167. The molecule has 0 saturated carbocycles. The van der Waals surface area contributed by atoms with Gasteiger partial charge in [0.25, 0.3) is 0 Å². The molecule has 9 rings (SSSR count). The maximum absolute atomic E-state index is 5.35. The highest BCUT2D eigenvalue weighted by atomic mass is 14.8. The Hall–Kier alpha value is -6.80. The summed E-state index contributed by atoms with van der Waals surface area (Å²) in [4.78, 5) is 35.4. The van der Waals surface area contributed by atoms with E-state index in [1.807, 2.05) is 49.6 Å². The lowest BCUT2D eigenvalue weighted by Gasteiger charge is -2.07. The standard InChI is InChI=1S/C44H34N8/c1-2-38-34(26-30-11-19-46-20-12-30)40-5-6-42(51-40)36(28-32-15-23-48-24-16-32)44-8-7-43(52-44)35(27-31-13-21-47-22-14-31)41-4-3-39(50-41)33(37(1)49-38)25-29-9-17-45-18-10-29/h1-24,49-50H,25-28H2. The highest BCUT2D eigenvalue weighted by molar-refractivity contribution is 5.84. The van der Waals surface area contributed by atoms with Crippen molar-refractivity contribution in [1.29, 1.82) is 0 Å². The highest BCUT2D eigenvalue weighted by Gasteiger charge is 2.18. The number of hydrogen-bond acceptors (Lipinski definition) is 6. The topological polar surface area (TPSA) is 109 Å². The molecule has 0 amide bonds. The maximum atomic E-state index is 5.35. The molecule has 2 aliphatic rings. The predicted molar refractivity (Wildman–Crippen MR) is 207 cm³/mol. The van der Waals surface area contributed by atoms with E-state index in [0.717, 1.165) is 83.8 Å². The molecule has 0 radical (unpaired) electrons. The summed E-state index contributed by atoms with van der Waals surface area (Å²) in [5.74, 6) is 0. The third-order valence-electron chi connectivity index (χ3n) is 9.71.